The van der Waals surface area contributed by atoms with E-state index in [-0.39, 0.29) is 31.6 Å². The number of thiazole rings is 1. The highest BCUT2D eigenvalue weighted by Crippen LogP contribution is 2.22. The molecule has 0 bridgehead atoms. The SMILES string of the molecule is CC[C@H](NC(=O)c1ccccc1)C(=O)Cc1nc(-c2ccccc2)cs1.S. The molecule has 1 atom stereocenters. The van der Waals surface area contributed by atoms with Gasteiger partial charge in [0.25, 0.3) is 5.91 Å². The molecule has 3 aromatic rings. The average molecular weight is 399 g/mol. The summed E-state index contributed by atoms with van der Waals surface area (Å²) in [5.41, 5.74) is 2.46. The Morgan fingerprint density at radius 1 is 1.04 bits per heavy atom. The molecular formula is C21H22N2O2S2. The number of amides is 1. The fraction of sp³-hybridized carbons (Fsp3) is 0.190. The number of carbonyl (C=O) groups is 2. The van der Waals surface area contributed by atoms with Crippen LogP contribution in [0.4, 0.5) is 0 Å². The number of carbonyl (C=O) groups excluding carboxylic acids is 2. The van der Waals surface area contributed by atoms with Gasteiger partial charge in [-0.2, -0.15) is 13.5 Å². The first-order valence-corrected chi connectivity index (χ1v) is 9.43. The third-order valence-electron chi connectivity index (χ3n) is 4.08. The second-order valence-electron chi connectivity index (χ2n) is 5.94. The summed E-state index contributed by atoms with van der Waals surface area (Å²) < 4.78 is 0. The Balaban J connectivity index is 0.00000261. The molecule has 1 aromatic heterocycles. The predicted molar refractivity (Wildman–Crippen MR) is 115 cm³/mol. The summed E-state index contributed by atoms with van der Waals surface area (Å²) in [6, 6.07) is 18.3. The van der Waals surface area contributed by atoms with Gasteiger partial charge in [-0.3, -0.25) is 9.59 Å². The van der Waals surface area contributed by atoms with E-state index in [2.05, 4.69) is 10.3 Å². The van der Waals surface area contributed by atoms with Crippen molar-refractivity contribution < 1.29 is 9.59 Å². The predicted octanol–water partition coefficient (Wildman–Crippen LogP) is 4.24. The Morgan fingerprint density at radius 2 is 1.67 bits per heavy atom. The minimum atomic E-state index is -0.508. The van der Waals surface area contributed by atoms with Crippen LogP contribution in [0.2, 0.25) is 0 Å². The molecule has 0 aliphatic carbocycles. The largest absolute Gasteiger partial charge is 0.342 e. The highest BCUT2D eigenvalue weighted by Gasteiger charge is 2.21. The van der Waals surface area contributed by atoms with E-state index in [4.69, 9.17) is 0 Å². The lowest BCUT2D eigenvalue weighted by Gasteiger charge is -2.15. The van der Waals surface area contributed by atoms with Crippen LogP contribution in [0.25, 0.3) is 11.3 Å². The molecule has 4 nitrogen and oxygen atoms in total. The zero-order valence-electron chi connectivity index (χ0n) is 15.0. The van der Waals surface area contributed by atoms with Crippen molar-refractivity contribution in [3.8, 4) is 11.3 Å². The number of ketones is 1. The Morgan fingerprint density at radius 3 is 2.30 bits per heavy atom. The normalized spacial score (nSPS) is 11.3. The molecule has 0 saturated heterocycles. The van der Waals surface area contributed by atoms with Crippen molar-refractivity contribution in [2.75, 3.05) is 0 Å². The molecule has 1 amide bonds. The quantitative estimate of drug-likeness (QED) is 0.647. The lowest BCUT2D eigenvalue weighted by atomic mass is 10.1. The summed E-state index contributed by atoms with van der Waals surface area (Å²) in [5.74, 6) is -0.249. The molecule has 1 heterocycles. The standard InChI is InChI=1S/C21H20N2O2S.H2S/c1-2-17(23-21(25)16-11-7-4-8-12-16)19(24)13-20-22-18(14-26-20)15-9-5-3-6-10-15;/h3-12,14,17H,2,13H2,1H3,(H,23,25);1H2/t17-;/m0./s1. The second kappa shape index (κ2) is 10.0. The minimum absolute atomic E-state index is 0. The van der Waals surface area contributed by atoms with Gasteiger partial charge in [-0.15, -0.1) is 11.3 Å². The summed E-state index contributed by atoms with van der Waals surface area (Å²) in [6.07, 6.45) is 0.777. The molecule has 0 saturated carbocycles. The van der Waals surface area contributed by atoms with E-state index < -0.39 is 6.04 Å². The van der Waals surface area contributed by atoms with Crippen molar-refractivity contribution in [3.05, 3.63) is 76.6 Å². The fourth-order valence-corrected chi connectivity index (χ4v) is 3.46. The lowest BCUT2D eigenvalue weighted by Crippen LogP contribution is -2.41. The molecule has 3 rings (SSSR count). The molecule has 0 aliphatic rings. The Kier molecular flexibility index (Phi) is 7.76. The molecular weight excluding hydrogens is 376 g/mol. The number of benzene rings is 2. The third-order valence-corrected chi connectivity index (χ3v) is 4.93. The van der Waals surface area contributed by atoms with Gasteiger partial charge in [0.2, 0.25) is 0 Å². The van der Waals surface area contributed by atoms with Crippen molar-refractivity contribution in [3.63, 3.8) is 0 Å². The molecule has 0 aliphatic heterocycles. The molecule has 0 radical (unpaired) electrons. The lowest BCUT2D eigenvalue weighted by molar-refractivity contribution is -0.120. The summed E-state index contributed by atoms with van der Waals surface area (Å²) in [5, 5.41) is 5.55. The number of aromatic nitrogens is 1. The van der Waals surface area contributed by atoms with Gasteiger partial charge in [-0.1, -0.05) is 55.5 Å². The minimum Gasteiger partial charge on any atom is -0.342 e. The number of nitrogens with zero attached hydrogens (tertiary/aromatic N) is 1. The van der Waals surface area contributed by atoms with Gasteiger partial charge >= 0.3 is 0 Å². The fourth-order valence-electron chi connectivity index (χ4n) is 2.65. The van der Waals surface area contributed by atoms with E-state index in [9.17, 15) is 9.59 Å². The van der Waals surface area contributed by atoms with Crippen LogP contribution in [0.1, 0.15) is 28.7 Å². The first-order chi connectivity index (χ1) is 12.7. The van der Waals surface area contributed by atoms with Gasteiger partial charge in [0.15, 0.2) is 5.78 Å². The van der Waals surface area contributed by atoms with Crippen molar-refractivity contribution in [1.29, 1.82) is 0 Å². The van der Waals surface area contributed by atoms with Gasteiger partial charge in [-0.05, 0) is 18.6 Å². The zero-order chi connectivity index (χ0) is 18.4. The van der Waals surface area contributed by atoms with Crippen LogP contribution in [0.15, 0.2) is 66.0 Å². The van der Waals surface area contributed by atoms with E-state index in [1.54, 1.807) is 24.3 Å². The third kappa shape index (κ3) is 5.52. The van der Waals surface area contributed by atoms with Crippen LogP contribution in [0, 0.1) is 0 Å². The molecule has 0 unspecified atom stereocenters. The highest BCUT2D eigenvalue weighted by molar-refractivity contribution is 7.59. The van der Waals surface area contributed by atoms with E-state index >= 15 is 0 Å². The van der Waals surface area contributed by atoms with E-state index in [0.29, 0.717) is 12.0 Å². The first-order valence-electron chi connectivity index (χ1n) is 8.56. The van der Waals surface area contributed by atoms with E-state index in [1.165, 1.54) is 11.3 Å². The summed E-state index contributed by atoms with van der Waals surface area (Å²) >= 11 is 1.47. The van der Waals surface area contributed by atoms with Crippen LogP contribution < -0.4 is 5.32 Å². The van der Waals surface area contributed by atoms with Crippen molar-refractivity contribution in [2.45, 2.75) is 25.8 Å². The number of rotatable bonds is 7. The van der Waals surface area contributed by atoms with E-state index in [1.807, 2.05) is 48.7 Å². The maximum Gasteiger partial charge on any atom is 0.251 e. The van der Waals surface area contributed by atoms with Crippen LogP contribution in [0.5, 0.6) is 0 Å². The number of Topliss-reactive ketones (excluding diaryl/α,β-unsaturated/α-hetero) is 1. The molecule has 6 heteroatoms. The molecule has 1 N–H and O–H groups in total. The molecule has 140 valence electrons. The number of hydrogen-bond donors (Lipinski definition) is 1. The molecule has 2 aromatic carbocycles. The Bertz CT molecular complexity index is 879. The monoisotopic (exact) mass is 398 g/mol. The zero-order valence-corrected chi connectivity index (χ0v) is 16.8. The first kappa shape index (κ1) is 20.9. The van der Waals surface area contributed by atoms with Crippen LogP contribution in [0.3, 0.4) is 0 Å². The van der Waals surface area contributed by atoms with Crippen LogP contribution in [-0.2, 0) is 11.2 Å². The van der Waals surface area contributed by atoms with Gasteiger partial charge in [0, 0.05) is 16.5 Å². The average Bonchev–Trinajstić information content (AvgIpc) is 3.15. The topological polar surface area (TPSA) is 59.1 Å². The Labute approximate surface area is 170 Å². The summed E-state index contributed by atoms with van der Waals surface area (Å²) in [6.45, 7) is 1.89. The number of hydrogen-bond acceptors (Lipinski definition) is 4. The van der Waals surface area contributed by atoms with E-state index in [0.717, 1.165) is 16.3 Å². The highest BCUT2D eigenvalue weighted by atomic mass is 32.1. The second-order valence-corrected chi connectivity index (χ2v) is 6.88. The van der Waals surface area contributed by atoms with Gasteiger partial charge in [0.05, 0.1) is 18.2 Å². The molecule has 0 spiro atoms. The van der Waals surface area contributed by atoms with Crippen LogP contribution >= 0.6 is 24.8 Å². The molecule has 0 fully saturated rings. The van der Waals surface area contributed by atoms with Crippen molar-refractivity contribution in [2.24, 2.45) is 0 Å². The van der Waals surface area contributed by atoms with Crippen molar-refractivity contribution in [1.82, 2.24) is 10.3 Å². The summed E-state index contributed by atoms with van der Waals surface area (Å²) in [4.78, 5) is 29.5. The van der Waals surface area contributed by atoms with Gasteiger partial charge in [-0.25, -0.2) is 4.98 Å². The van der Waals surface area contributed by atoms with Gasteiger partial charge in [0.1, 0.15) is 5.01 Å². The Hall–Kier alpha value is -2.44. The maximum absolute atomic E-state index is 12.6. The van der Waals surface area contributed by atoms with Gasteiger partial charge < -0.3 is 5.32 Å². The van der Waals surface area contributed by atoms with Crippen molar-refractivity contribution >= 4 is 36.5 Å². The summed E-state index contributed by atoms with van der Waals surface area (Å²) in [7, 11) is 0. The smallest absolute Gasteiger partial charge is 0.251 e. The van der Waals surface area contributed by atoms with Crippen LogP contribution in [-0.4, -0.2) is 22.7 Å². The molecule has 27 heavy (non-hydrogen) atoms. The number of nitrogens with one attached hydrogen (secondary N) is 1. The maximum atomic E-state index is 12.6.